The minimum absolute atomic E-state index is 0.0207. The highest BCUT2D eigenvalue weighted by Crippen LogP contribution is 2.28. The molecule has 0 aliphatic rings. The average molecular weight is 258 g/mol. The molecule has 0 N–H and O–H groups in total. The molecule has 0 amide bonds. The van der Waals surface area contributed by atoms with Crippen molar-refractivity contribution in [2.45, 2.75) is 11.5 Å². The minimum Gasteiger partial charge on any atom is -0.247 e. The number of halogens is 5. The van der Waals surface area contributed by atoms with Crippen LogP contribution < -0.4 is 0 Å². The lowest BCUT2D eigenvalue weighted by molar-refractivity contribution is -0.141. The number of rotatable bonds is 1. The summed E-state index contributed by atoms with van der Waals surface area (Å²) in [5.74, 6) is -0.934. The van der Waals surface area contributed by atoms with E-state index in [4.69, 9.17) is 0 Å². The number of hydrogen-bond donors (Lipinski definition) is 0. The molecule has 0 atom stereocenters. The molecule has 0 fully saturated rings. The Labute approximate surface area is 79.9 Å². The largest absolute Gasteiger partial charge is 0.433 e. The molecule has 0 aliphatic carbocycles. The van der Waals surface area contributed by atoms with Gasteiger partial charge in [0.25, 0.3) is 0 Å². The van der Waals surface area contributed by atoms with Crippen LogP contribution in [0.15, 0.2) is 12.1 Å². The summed E-state index contributed by atoms with van der Waals surface area (Å²) >= 11 is 2.90. The van der Waals surface area contributed by atoms with E-state index in [1.54, 1.807) is 0 Å². The first-order valence-corrected chi connectivity index (χ1v) is 4.35. The third-order valence-electron chi connectivity index (χ3n) is 1.27. The molecule has 0 saturated heterocycles. The summed E-state index contributed by atoms with van der Waals surface area (Å²) < 4.78 is 48.7. The van der Waals surface area contributed by atoms with Gasteiger partial charge in [0.1, 0.15) is 11.5 Å². The third-order valence-corrected chi connectivity index (χ3v) is 1.85. The highest BCUT2D eigenvalue weighted by Gasteiger charge is 2.33. The first-order valence-electron chi connectivity index (χ1n) is 3.23. The standard InChI is InChI=1S/C7H4BrF4N/c8-3-5-1-4(9)2-6(13-5)7(10,11)12/h1-2H,3H2. The van der Waals surface area contributed by atoms with Gasteiger partial charge in [0, 0.05) is 11.4 Å². The molecule has 1 aromatic heterocycles. The maximum Gasteiger partial charge on any atom is 0.433 e. The second kappa shape index (κ2) is 3.61. The topological polar surface area (TPSA) is 12.9 Å². The van der Waals surface area contributed by atoms with E-state index in [1.165, 1.54) is 0 Å². The van der Waals surface area contributed by atoms with Gasteiger partial charge in [0.05, 0.1) is 5.69 Å². The maximum atomic E-state index is 12.6. The summed E-state index contributed by atoms with van der Waals surface area (Å²) in [6.45, 7) is 0. The van der Waals surface area contributed by atoms with E-state index in [9.17, 15) is 17.6 Å². The lowest BCUT2D eigenvalue weighted by Crippen LogP contribution is -2.09. The molecule has 6 heteroatoms. The highest BCUT2D eigenvalue weighted by atomic mass is 79.9. The molecule has 0 unspecified atom stereocenters. The van der Waals surface area contributed by atoms with E-state index in [0.717, 1.165) is 6.07 Å². The number of aromatic nitrogens is 1. The Balaban J connectivity index is 3.16. The number of nitrogens with zero attached hydrogens (tertiary/aromatic N) is 1. The van der Waals surface area contributed by atoms with Crippen LogP contribution in [0.4, 0.5) is 17.6 Å². The predicted octanol–water partition coefficient (Wildman–Crippen LogP) is 3.13. The van der Waals surface area contributed by atoms with Gasteiger partial charge < -0.3 is 0 Å². The van der Waals surface area contributed by atoms with E-state index in [0.29, 0.717) is 6.07 Å². The molecule has 0 bridgehead atoms. The van der Waals surface area contributed by atoms with Crippen molar-refractivity contribution in [2.24, 2.45) is 0 Å². The molecule has 0 aromatic carbocycles. The predicted molar refractivity (Wildman–Crippen MR) is 41.8 cm³/mol. The Kier molecular flexibility index (Phi) is 2.90. The molecule has 1 nitrogen and oxygen atoms in total. The summed E-state index contributed by atoms with van der Waals surface area (Å²) in [6.07, 6.45) is -4.60. The molecule has 0 aliphatic heterocycles. The van der Waals surface area contributed by atoms with Crippen molar-refractivity contribution in [3.05, 3.63) is 29.3 Å². The minimum atomic E-state index is -4.60. The van der Waals surface area contributed by atoms with Crippen LogP contribution in [0.5, 0.6) is 0 Å². The van der Waals surface area contributed by atoms with Crippen LogP contribution in [0.1, 0.15) is 11.4 Å². The van der Waals surface area contributed by atoms with Gasteiger partial charge in [-0.15, -0.1) is 0 Å². The monoisotopic (exact) mass is 257 g/mol. The SMILES string of the molecule is Fc1cc(CBr)nc(C(F)(F)F)c1. The molecular formula is C7H4BrF4N. The van der Waals surface area contributed by atoms with Crippen molar-refractivity contribution in [1.82, 2.24) is 4.98 Å². The molecule has 1 aromatic rings. The van der Waals surface area contributed by atoms with Crippen LogP contribution >= 0.6 is 15.9 Å². The Morgan fingerprint density at radius 1 is 1.31 bits per heavy atom. The van der Waals surface area contributed by atoms with Crippen LogP contribution in [0.25, 0.3) is 0 Å². The smallest absolute Gasteiger partial charge is 0.247 e. The summed E-state index contributed by atoms with van der Waals surface area (Å²) in [7, 11) is 0. The molecule has 72 valence electrons. The Morgan fingerprint density at radius 3 is 2.38 bits per heavy atom. The molecule has 0 saturated carbocycles. The van der Waals surface area contributed by atoms with Crippen molar-refractivity contribution >= 4 is 15.9 Å². The maximum absolute atomic E-state index is 12.6. The zero-order valence-electron chi connectivity index (χ0n) is 6.20. The van der Waals surface area contributed by atoms with Gasteiger partial charge in [-0.3, -0.25) is 0 Å². The summed E-state index contributed by atoms with van der Waals surface area (Å²) in [4.78, 5) is 3.21. The van der Waals surface area contributed by atoms with E-state index < -0.39 is 17.7 Å². The normalized spacial score (nSPS) is 11.8. The molecule has 1 rings (SSSR count). The van der Waals surface area contributed by atoms with E-state index in [2.05, 4.69) is 20.9 Å². The second-order valence-electron chi connectivity index (χ2n) is 2.29. The van der Waals surface area contributed by atoms with Gasteiger partial charge in [0.15, 0.2) is 0 Å². The fraction of sp³-hybridized carbons (Fsp3) is 0.286. The van der Waals surface area contributed by atoms with Crippen LogP contribution in [-0.2, 0) is 11.5 Å². The fourth-order valence-electron chi connectivity index (χ4n) is 0.764. The van der Waals surface area contributed by atoms with Gasteiger partial charge in [0.2, 0.25) is 0 Å². The van der Waals surface area contributed by atoms with Gasteiger partial charge in [-0.1, -0.05) is 15.9 Å². The Morgan fingerprint density at radius 2 is 1.92 bits per heavy atom. The van der Waals surface area contributed by atoms with Crippen molar-refractivity contribution in [3.63, 3.8) is 0 Å². The van der Waals surface area contributed by atoms with Crippen LogP contribution in [0.2, 0.25) is 0 Å². The lowest BCUT2D eigenvalue weighted by Gasteiger charge is -2.06. The van der Waals surface area contributed by atoms with E-state index >= 15 is 0 Å². The zero-order valence-corrected chi connectivity index (χ0v) is 7.78. The summed E-state index contributed by atoms with van der Waals surface area (Å²) in [5, 5.41) is 0.0911. The molecule has 0 radical (unpaired) electrons. The van der Waals surface area contributed by atoms with Crippen molar-refractivity contribution in [1.29, 1.82) is 0 Å². The van der Waals surface area contributed by atoms with Crippen LogP contribution in [0.3, 0.4) is 0 Å². The Bertz CT molecular complexity index is 310. The van der Waals surface area contributed by atoms with Crippen LogP contribution in [-0.4, -0.2) is 4.98 Å². The number of pyridine rings is 1. The number of alkyl halides is 4. The van der Waals surface area contributed by atoms with Crippen molar-refractivity contribution < 1.29 is 17.6 Å². The van der Waals surface area contributed by atoms with Gasteiger partial charge in [-0.05, 0) is 6.07 Å². The summed E-state index contributed by atoms with van der Waals surface area (Å²) in [6, 6.07) is 1.32. The second-order valence-corrected chi connectivity index (χ2v) is 2.85. The lowest BCUT2D eigenvalue weighted by atomic mass is 10.3. The van der Waals surface area contributed by atoms with Gasteiger partial charge in [-0.25, -0.2) is 9.37 Å². The molecule has 1 heterocycles. The van der Waals surface area contributed by atoms with Crippen molar-refractivity contribution in [3.8, 4) is 0 Å². The van der Waals surface area contributed by atoms with Crippen molar-refractivity contribution in [2.75, 3.05) is 0 Å². The Hall–Kier alpha value is -0.650. The molecule has 0 spiro atoms. The first kappa shape index (κ1) is 10.4. The van der Waals surface area contributed by atoms with Gasteiger partial charge in [-0.2, -0.15) is 13.2 Å². The van der Waals surface area contributed by atoms with E-state index in [-0.39, 0.29) is 11.0 Å². The zero-order chi connectivity index (χ0) is 10.1. The first-order chi connectivity index (χ1) is 5.93. The number of hydrogen-bond acceptors (Lipinski definition) is 1. The molecule has 13 heavy (non-hydrogen) atoms. The quantitative estimate of drug-likeness (QED) is 0.557. The molecular weight excluding hydrogens is 254 g/mol. The average Bonchev–Trinajstić information content (AvgIpc) is 2.01. The van der Waals surface area contributed by atoms with Crippen LogP contribution in [0, 0.1) is 5.82 Å². The van der Waals surface area contributed by atoms with E-state index in [1.807, 2.05) is 0 Å². The fourth-order valence-corrected chi connectivity index (χ4v) is 1.05. The van der Waals surface area contributed by atoms with Gasteiger partial charge >= 0.3 is 6.18 Å². The summed E-state index contributed by atoms with van der Waals surface area (Å²) in [5.41, 5.74) is -1.19. The highest BCUT2D eigenvalue weighted by molar-refractivity contribution is 9.08. The third kappa shape index (κ3) is 2.65.